The topological polar surface area (TPSA) is 158 Å². The minimum absolute atomic E-state index is 0.612. The molecule has 0 amide bonds. The van der Waals surface area contributed by atoms with Gasteiger partial charge in [-0.25, -0.2) is 0 Å². The van der Waals surface area contributed by atoms with Gasteiger partial charge >= 0.3 is 164 Å². The van der Waals surface area contributed by atoms with Crippen molar-refractivity contribution in [3.63, 3.8) is 0 Å². The van der Waals surface area contributed by atoms with Crippen molar-refractivity contribution in [3.8, 4) is 0 Å². The summed E-state index contributed by atoms with van der Waals surface area (Å²) in [5, 5.41) is 0. The van der Waals surface area contributed by atoms with Gasteiger partial charge in [0.1, 0.15) is 0 Å². The zero-order valence-corrected chi connectivity index (χ0v) is 19.2. The Morgan fingerprint density at radius 2 is 0.923 bits per heavy atom. The van der Waals surface area contributed by atoms with Crippen molar-refractivity contribution in [1.29, 1.82) is 0 Å². The maximum atomic E-state index is 11.6. The van der Waals surface area contributed by atoms with Crippen LogP contribution in [0.2, 0.25) is 0 Å². The van der Waals surface area contributed by atoms with Crippen LogP contribution in [0.3, 0.4) is 0 Å². The molecule has 0 aromatic rings. The van der Waals surface area contributed by atoms with Crippen LogP contribution in [-0.4, -0.2) is 82.0 Å². The summed E-state index contributed by atoms with van der Waals surface area (Å²) >= 11 is -8.21. The molecule has 2 aliphatic heterocycles. The molecule has 0 aromatic carbocycles. The second-order valence-corrected chi connectivity index (χ2v) is 11.6. The Balaban J connectivity index is 1.84. The monoisotopic (exact) mass is 760 g/mol. The zero-order valence-electron chi connectivity index (χ0n) is 12.3. The SMILES string of the molecule is O=C1C=CC(=O)[O][Bi]([O]C(=O)/C=C/C(=O)[O][Bi]2[O]C(=O)C=CC(=O)[O]2)[O]1. The summed E-state index contributed by atoms with van der Waals surface area (Å²) in [6.07, 6.45) is 4.49. The molecule has 136 valence electrons. The average molecular weight is 760 g/mol. The number of carbonyl (C=O) groups excluding carboxylic acids is 6. The average Bonchev–Trinajstić information content (AvgIpc) is 2.81. The molecule has 0 unspecified atom stereocenters. The molecule has 2 rings (SSSR count). The van der Waals surface area contributed by atoms with Gasteiger partial charge in [0.05, 0.1) is 0 Å². The van der Waals surface area contributed by atoms with Crippen molar-refractivity contribution in [2.24, 2.45) is 0 Å². The van der Waals surface area contributed by atoms with Crippen LogP contribution in [-0.2, 0) is 45.6 Å². The summed E-state index contributed by atoms with van der Waals surface area (Å²) in [5.74, 6) is -5.86. The second kappa shape index (κ2) is 9.49. The van der Waals surface area contributed by atoms with Crippen LogP contribution in [0, 0.1) is 0 Å². The van der Waals surface area contributed by atoms with E-state index >= 15 is 0 Å². The third kappa shape index (κ3) is 6.97. The Morgan fingerprint density at radius 3 is 1.19 bits per heavy atom. The molecule has 0 saturated heterocycles. The van der Waals surface area contributed by atoms with E-state index < -0.39 is 82.0 Å². The molecule has 12 nitrogen and oxygen atoms in total. The van der Waals surface area contributed by atoms with E-state index in [1.54, 1.807) is 0 Å². The molecular weight excluding hydrogens is 754 g/mol. The van der Waals surface area contributed by atoms with Crippen molar-refractivity contribution in [2.45, 2.75) is 0 Å². The van der Waals surface area contributed by atoms with Gasteiger partial charge in [-0.05, 0) is 0 Å². The summed E-state index contributed by atoms with van der Waals surface area (Å²) in [7, 11) is 0. The minimum atomic E-state index is -4.11. The third-order valence-corrected chi connectivity index (χ3v) is 9.73. The first-order valence-electron chi connectivity index (χ1n) is 6.28. The summed E-state index contributed by atoms with van der Waals surface area (Å²) < 4.78 is 28.0. The van der Waals surface area contributed by atoms with E-state index in [2.05, 4.69) is 16.9 Å². The van der Waals surface area contributed by atoms with Crippen LogP contribution in [0.5, 0.6) is 0 Å². The van der Waals surface area contributed by atoms with Gasteiger partial charge in [0.25, 0.3) is 0 Å². The van der Waals surface area contributed by atoms with E-state index in [0.29, 0.717) is 12.2 Å². The molecular formula is C12H6Bi2O12. The Labute approximate surface area is 163 Å². The third-order valence-electron chi connectivity index (χ3n) is 2.05. The Morgan fingerprint density at radius 1 is 0.654 bits per heavy atom. The van der Waals surface area contributed by atoms with Gasteiger partial charge in [0.15, 0.2) is 0 Å². The number of carbonyl (C=O) groups is 6. The van der Waals surface area contributed by atoms with Crippen molar-refractivity contribution in [1.82, 2.24) is 0 Å². The molecule has 2 aliphatic rings. The fourth-order valence-electron chi connectivity index (χ4n) is 1.14. The van der Waals surface area contributed by atoms with Crippen LogP contribution in [0.15, 0.2) is 36.5 Å². The Hall–Kier alpha value is -2.19. The standard InChI is InChI=1S/3C4H4O4.2Bi/c3*5-3(6)1-2-4(7)8;;/h3*1-2H,(H,5,6)(H,7,8);;/q;;;2*+3/p-6/b2-1+;;;;. The van der Waals surface area contributed by atoms with E-state index in [9.17, 15) is 28.8 Å². The fourth-order valence-corrected chi connectivity index (χ4v) is 6.86. The molecule has 0 aliphatic carbocycles. The van der Waals surface area contributed by atoms with E-state index in [-0.39, 0.29) is 0 Å². The zero-order chi connectivity index (χ0) is 19.1. The van der Waals surface area contributed by atoms with Crippen molar-refractivity contribution in [2.75, 3.05) is 0 Å². The second-order valence-electron chi connectivity index (χ2n) is 3.91. The molecule has 0 aromatic heterocycles. The molecule has 0 saturated carbocycles. The first kappa shape index (κ1) is 20.1. The van der Waals surface area contributed by atoms with Gasteiger partial charge in [-0.3, -0.25) is 0 Å². The molecule has 0 N–H and O–H groups in total. The number of hydrogen-bond acceptors (Lipinski definition) is 12. The van der Waals surface area contributed by atoms with Gasteiger partial charge in [-0.1, -0.05) is 0 Å². The maximum absolute atomic E-state index is 11.6. The van der Waals surface area contributed by atoms with Gasteiger partial charge in [0.2, 0.25) is 0 Å². The van der Waals surface area contributed by atoms with Gasteiger partial charge in [-0.2, -0.15) is 0 Å². The molecule has 0 radical (unpaired) electrons. The van der Waals surface area contributed by atoms with Crippen LogP contribution >= 0.6 is 0 Å². The van der Waals surface area contributed by atoms with E-state index in [1.165, 1.54) is 0 Å². The summed E-state index contributed by atoms with van der Waals surface area (Å²) in [4.78, 5) is 67.7. The normalized spacial score (nSPS) is 18.3. The van der Waals surface area contributed by atoms with E-state index in [4.69, 9.17) is 0 Å². The van der Waals surface area contributed by atoms with Gasteiger partial charge in [-0.15, -0.1) is 0 Å². The van der Waals surface area contributed by atoms with Gasteiger partial charge < -0.3 is 0 Å². The van der Waals surface area contributed by atoms with E-state index in [1.807, 2.05) is 0 Å². The summed E-state index contributed by atoms with van der Waals surface area (Å²) in [6, 6.07) is 0. The van der Waals surface area contributed by atoms with Crippen molar-refractivity contribution >= 4 is 82.0 Å². The molecule has 26 heavy (non-hydrogen) atoms. The first-order chi connectivity index (χ1) is 12.3. The van der Waals surface area contributed by atoms with E-state index in [0.717, 1.165) is 24.3 Å². The Bertz CT molecular complexity index is 649. The van der Waals surface area contributed by atoms with Crippen LogP contribution in [0.4, 0.5) is 0 Å². The predicted molar refractivity (Wildman–Crippen MR) is 75.5 cm³/mol. The fraction of sp³-hybridized carbons (Fsp3) is 0. The van der Waals surface area contributed by atoms with Crippen molar-refractivity contribution < 1.29 is 45.6 Å². The van der Waals surface area contributed by atoms with Crippen LogP contribution < -0.4 is 0 Å². The Kier molecular flexibility index (Phi) is 7.34. The number of rotatable bonds is 4. The number of hydrogen-bond donors (Lipinski definition) is 0. The predicted octanol–water partition coefficient (Wildman–Crippen LogP) is -2.09. The quantitative estimate of drug-likeness (QED) is 0.228. The molecule has 0 spiro atoms. The van der Waals surface area contributed by atoms with Gasteiger partial charge in [0, 0.05) is 0 Å². The summed E-state index contributed by atoms with van der Waals surface area (Å²) in [6.45, 7) is 0. The molecule has 0 atom stereocenters. The molecule has 2 heterocycles. The summed E-state index contributed by atoms with van der Waals surface area (Å²) in [5.41, 5.74) is 0. The first-order valence-corrected chi connectivity index (χ1v) is 14.8. The van der Waals surface area contributed by atoms with Crippen molar-refractivity contribution in [3.05, 3.63) is 36.5 Å². The van der Waals surface area contributed by atoms with Crippen LogP contribution in [0.1, 0.15) is 0 Å². The van der Waals surface area contributed by atoms with Crippen LogP contribution in [0.25, 0.3) is 0 Å². The molecule has 0 bridgehead atoms. The molecule has 0 fully saturated rings. The molecule has 14 heteroatoms.